The molecule has 0 saturated carbocycles. The molecule has 3 aromatic carbocycles. The Morgan fingerprint density at radius 3 is 2.21 bits per heavy atom. The fourth-order valence-corrected chi connectivity index (χ4v) is 4.89. The van der Waals surface area contributed by atoms with Crippen LogP contribution in [0.1, 0.15) is 31.8 Å². The van der Waals surface area contributed by atoms with Gasteiger partial charge in [-0.15, -0.1) is 0 Å². The van der Waals surface area contributed by atoms with Crippen molar-refractivity contribution in [3.05, 3.63) is 101 Å². The maximum atomic E-state index is 13.6. The Labute approximate surface area is 242 Å². The molecule has 1 atom stereocenters. The van der Waals surface area contributed by atoms with E-state index in [0.717, 1.165) is 10.5 Å². The average Bonchev–Trinajstić information content (AvgIpc) is 3.28. The molecule has 3 amide bonds. The number of ether oxygens (including phenoxy) is 3. The van der Waals surface area contributed by atoms with Gasteiger partial charge in [-0.1, -0.05) is 48.5 Å². The lowest BCUT2D eigenvalue weighted by molar-refractivity contribution is -0.139. The van der Waals surface area contributed by atoms with Crippen molar-refractivity contribution in [2.45, 2.75) is 12.5 Å². The molecule has 2 aliphatic heterocycles. The van der Waals surface area contributed by atoms with Gasteiger partial charge in [-0.25, -0.2) is 4.79 Å². The van der Waals surface area contributed by atoms with Crippen LogP contribution in [0.4, 0.5) is 0 Å². The topological polar surface area (TPSA) is 126 Å². The first-order valence-corrected chi connectivity index (χ1v) is 13.3. The largest absolute Gasteiger partial charge is 0.493 e. The molecule has 2 heterocycles. The summed E-state index contributed by atoms with van der Waals surface area (Å²) >= 11 is 0. The van der Waals surface area contributed by atoms with Crippen LogP contribution in [0.15, 0.2) is 78.4 Å². The quantitative estimate of drug-likeness (QED) is 0.134. The second kappa shape index (κ2) is 12.5. The lowest BCUT2D eigenvalue weighted by atomic mass is 10.0. The Morgan fingerprint density at radius 1 is 0.952 bits per heavy atom. The highest BCUT2D eigenvalue weighted by molar-refractivity contribution is 6.22. The normalized spacial score (nSPS) is 15.6. The van der Waals surface area contributed by atoms with Crippen molar-refractivity contribution in [3.8, 4) is 17.6 Å². The summed E-state index contributed by atoms with van der Waals surface area (Å²) in [6.45, 7) is 1.61. The maximum Gasteiger partial charge on any atom is 0.335 e. The Kier molecular flexibility index (Phi) is 8.41. The molecule has 10 heteroatoms. The Balaban J connectivity index is 1.41. The fourth-order valence-electron chi connectivity index (χ4n) is 4.89. The van der Waals surface area contributed by atoms with Crippen LogP contribution in [0.3, 0.4) is 0 Å². The van der Waals surface area contributed by atoms with Crippen LogP contribution in [0.2, 0.25) is 0 Å². The number of hydrogen-bond donors (Lipinski definition) is 0. The molecule has 42 heavy (non-hydrogen) atoms. The van der Waals surface area contributed by atoms with Crippen LogP contribution in [0, 0.1) is 11.3 Å². The number of nitrogens with zero attached hydrogens (tertiary/aromatic N) is 3. The van der Waals surface area contributed by atoms with Gasteiger partial charge in [-0.05, 0) is 41.5 Å². The molecule has 3 aromatic rings. The molecule has 212 valence electrons. The van der Waals surface area contributed by atoms with Crippen molar-refractivity contribution in [1.82, 2.24) is 9.80 Å². The number of nitriles is 1. The number of hydrogen-bond acceptors (Lipinski definition) is 8. The first-order valence-electron chi connectivity index (χ1n) is 13.3. The van der Waals surface area contributed by atoms with Crippen LogP contribution in [0.25, 0.3) is 6.08 Å². The van der Waals surface area contributed by atoms with Gasteiger partial charge in [-0.3, -0.25) is 19.3 Å². The summed E-state index contributed by atoms with van der Waals surface area (Å²) < 4.78 is 16.4. The molecule has 0 aromatic heterocycles. The van der Waals surface area contributed by atoms with E-state index in [1.165, 1.54) is 25.3 Å². The van der Waals surface area contributed by atoms with E-state index in [9.17, 15) is 24.4 Å². The standard InChI is InChI=1S/C32H27N3O7/c1-40-28-19-22(17-23(20-33)29(36)34-13-15-41-16-14-34)11-12-27(28)42-32(39)26(18-21-7-3-2-4-8-21)35-30(37)24-9-5-6-10-25(24)31(35)38/h2-12,17,19,26H,13-16,18H2,1H3/b23-17+. The van der Waals surface area contributed by atoms with Gasteiger partial charge in [0.2, 0.25) is 0 Å². The Bertz CT molecular complexity index is 1570. The van der Waals surface area contributed by atoms with Crippen LogP contribution in [0.5, 0.6) is 11.5 Å². The third-order valence-electron chi connectivity index (χ3n) is 7.04. The van der Waals surface area contributed by atoms with Crippen molar-refractivity contribution in [3.63, 3.8) is 0 Å². The second-order valence-electron chi connectivity index (χ2n) is 9.64. The molecule has 0 aliphatic carbocycles. The number of morpholine rings is 1. The molecule has 0 N–H and O–H groups in total. The van der Waals surface area contributed by atoms with Crippen LogP contribution < -0.4 is 9.47 Å². The minimum absolute atomic E-state index is 0.0451. The highest BCUT2D eigenvalue weighted by Gasteiger charge is 2.43. The minimum atomic E-state index is -1.25. The zero-order valence-corrected chi connectivity index (χ0v) is 22.8. The van der Waals surface area contributed by atoms with Crippen LogP contribution in [-0.4, -0.2) is 72.9 Å². The summed E-state index contributed by atoms with van der Waals surface area (Å²) in [6, 6.07) is 20.7. The average molecular weight is 566 g/mol. The number of amides is 3. The maximum absolute atomic E-state index is 13.6. The zero-order chi connectivity index (χ0) is 29.6. The zero-order valence-electron chi connectivity index (χ0n) is 22.8. The summed E-state index contributed by atoms with van der Waals surface area (Å²) in [5.74, 6) is -2.17. The molecule has 1 saturated heterocycles. The van der Waals surface area contributed by atoms with Crippen LogP contribution >= 0.6 is 0 Å². The lowest BCUT2D eigenvalue weighted by Crippen LogP contribution is -2.48. The van der Waals surface area contributed by atoms with E-state index in [-0.39, 0.29) is 34.6 Å². The summed E-state index contributed by atoms with van der Waals surface area (Å²) in [5.41, 5.74) is 1.60. The van der Waals surface area contributed by atoms with Crippen molar-refractivity contribution in [2.24, 2.45) is 0 Å². The van der Waals surface area contributed by atoms with E-state index >= 15 is 0 Å². The smallest absolute Gasteiger partial charge is 0.335 e. The molecule has 0 bridgehead atoms. The van der Waals surface area contributed by atoms with Gasteiger partial charge in [0, 0.05) is 19.5 Å². The van der Waals surface area contributed by atoms with E-state index in [4.69, 9.17) is 14.2 Å². The van der Waals surface area contributed by atoms with Crippen LogP contribution in [-0.2, 0) is 20.7 Å². The molecule has 5 rings (SSSR count). The molecule has 10 nitrogen and oxygen atoms in total. The summed E-state index contributed by atoms with van der Waals surface area (Å²) in [6.07, 6.45) is 1.48. The third-order valence-corrected chi connectivity index (χ3v) is 7.04. The number of methoxy groups -OCH3 is 1. The minimum Gasteiger partial charge on any atom is -0.493 e. The van der Waals surface area contributed by atoms with Gasteiger partial charge in [-0.2, -0.15) is 5.26 Å². The number of rotatable bonds is 8. The van der Waals surface area contributed by atoms with Gasteiger partial charge in [0.05, 0.1) is 31.5 Å². The highest BCUT2D eigenvalue weighted by Crippen LogP contribution is 2.32. The Morgan fingerprint density at radius 2 is 1.60 bits per heavy atom. The molecule has 0 spiro atoms. The summed E-state index contributed by atoms with van der Waals surface area (Å²) in [5, 5.41) is 9.63. The highest BCUT2D eigenvalue weighted by atomic mass is 16.6. The summed E-state index contributed by atoms with van der Waals surface area (Å²) in [4.78, 5) is 55.5. The third kappa shape index (κ3) is 5.77. The van der Waals surface area contributed by atoms with E-state index in [0.29, 0.717) is 31.9 Å². The number of fused-ring (bicyclic) bond motifs is 1. The van der Waals surface area contributed by atoms with Gasteiger partial charge in [0.25, 0.3) is 17.7 Å². The fraction of sp³-hybridized carbons (Fsp3) is 0.219. The Hall–Kier alpha value is -5.27. The van der Waals surface area contributed by atoms with E-state index in [1.54, 1.807) is 59.5 Å². The number of imide groups is 1. The monoisotopic (exact) mass is 565 g/mol. The predicted molar refractivity (Wildman–Crippen MR) is 150 cm³/mol. The molecule has 1 unspecified atom stereocenters. The van der Waals surface area contributed by atoms with E-state index in [2.05, 4.69) is 0 Å². The SMILES string of the molecule is COc1cc(/C=C(\C#N)C(=O)N2CCOCC2)ccc1OC(=O)C(Cc1ccccc1)N1C(=O)c2ccccc2C1=O. The van der Waals surface area contributed by atoms with E-state index in [1.807, 2.05) is 12.1 Å². The van der Waals surface area contributed by atoms with Crippen molar-refractivity contribution < 1.29 is 33.4 Å². The number of carbonyl (C=O) groups excluding carboxylic acids is 4. The van der Waals surface area contributed by atoms with Gasteiger partial charge in [0.15, 0.2) is 11.5 Å². The number of benzene rings is 3. The molecule has 1 fully saturated rings. The van der Waals surface area contributed by atoms with Gasteiger partial charge in [0.1, 0.15) is 17.7 Å². The second-order valence-corrected chi connectivity index (χ2v) is 9.64. The first-order chi connectivity index (χ1) is 20.4. The first kappa shape index (κ1) is 28.3. The van der Waals surface area contributed by atoms with Crippen molar-refractivity contribution in [1.29, 1.82) is 5.26 Å². The number of esters is 1. The van der Waals surface area contributed by atoms with Gasteiger partial charge < -0.3 is 19.1 Å². The van der Waals surface area contributed by atoms with Crippen molar-refractivity contribution >= 4 is 29.8 Å². The summed E-state index contributed by atoms with van der Waals surface area (Å²) in [7, 11) is 1.38. The van der Waals surface area contributed by atoms with Crippen molar-refractivity contribution in [2.75, 3.05) is 33.4 Å². The van der Waals surface area contributed by atoms with E-state index < -0.39 is 29.7 Å². The number of carbonyl (C=O) groups is 4. The van der Waals surface area contributed by atoms with Gasteiger partial charge >= 0.3 is 5.97 Å². The molecular formula is C32H27N3O7. The molecule has 2 aliphatic rings. The predicted octanol–water partition coefficient (Wildman–Crippen LogP) is 3.27. The molecule has 0 radical (unpaired) electrons. The molecular weight excluding hydrogens is 538 g/mol. The lowest BCUT2D eigenvalue weighted by Gasteiger charge is -2.26.